The van der Waals surface area contributed by atoms with E-state index in [1.165, 1.54) is 13.2 Å². The zero-order chi connectivity index (χ0) is 13.1. The van der Waals surface area contributed by atoms with Gasteiger partial charge >= 0.3 is 0 Å². The van der Waals surface area contributed by atoms with E-state index in [4.69, 9.17) is 4.74 Å². The van der Waals surface area contributed by atoms with Crippen molar-refractivity contribution in [3.63, 3.8) is 0 Å². The molecule has 94 valence electrons. The molecule has 0 spiro atoms. The fraction of sp³-hybridized carbons (Fsp3) is 0.571. The smallest absolute Gasteiger partial charge is 0.204 e. The number of rotatable bonds is 1. The van der Waals surface area contributed by atoms with Crippen LogP contribution in [0.5, 0.6) is 0 Å². The maximum atomic E-state index is 12.1. The normalized spacial score (nSPS) is 31.1. The van der Waals surface area contributed by atoms with E-state index in [0.29, 0.717) is 12.8 Å². The van der Waals surface area contributed by atoms with Gasteiger partial charge in [-0.25, -0.2) is 0 Å². The van der Waals surface area contributed by atoms with Crippen molar-refractivity contribution in [1.29, 1.82) is 0 Å². The molecule has 3 heteroatoms. The van der Waals surface area contributed by atoms with Gasteiger partial charge in [-0.3, -0.25) is 9.59 Å². The summed E-state index contributed by atoms with van der Waals surface area (Å²) in [5, 5.41) is 0. The summed E-state index contributed by atoms with van der Waals surface area (Å²) in [5.74, 6) is -0.0276. The standard InChI is InChI=1S/C12H14O3.C2H6/c1-12-6-4-3-5-8(12)9(13)7-10(15-2)11(12)14;1-2/h3-4,7-8H,5-6H2,1-2H3;1-2H3. The molecule has 2 atom stereocenters. The lowest BCUT2D eigenvalue weighted by atomic mass is 9.63. The molecule has 0 saturated heterocycles. The number of carbonyl (C=O) groups excluding carboxylic acids is 2. The average molecular weight is 236 g/mol. The summed E-state index contributed by atoms with van der Waals surface area (Å²) < 4.78 is 4.95. The van der Waals surface area contributed by atoms with Crippen LogP contribution in [0.4, 0.5) is 0 Å². The van der Waals surface area contributed by atoms with Crippen LogP contribution in [0.25, 0.3) is 0 Å². The van der Waals surface area contributed by atoms with Crippen LogP contribution in [0.15, 0.2) is 24.0 Å². The fourth-order valence-corrected chi connectivity index (χ4v) is 2.37. The lowest BCUT2D eigenvalue weighted by Crippen LogP contribution is -2.45. The van der Waals surface area contributed by atoms with E-state index in [-0.39, 0.29) is 23.2 Å². The number of hydrogen-bond donors (Lipinski definition) is 0. The van der Waals surface area contributed by atoms with E-state index in [9.17, 15) is 9.59 Å². The van der Waals surface area contributed by atoms with Gasteiger partial charge in [0.05, 0.1) is 7.11 Å². The Kier molecular flexibility index (Phi) is 4.27. The fourth-order valence-electron chi connectivity index (χ4n) is 2.37. The van der Waals surface area contributed by atoms with Crippen LogP contribution >= 0.6 is 0 Å². The molecule has 0 saturated carbocycles. The lowest BCUT2D eigenvalue weighted by molar-refractivity contribution is -0.139. The molecule has 0 bridgehead atoms. The van der Waals surface area contributed by atoms with Crippen LogP contribution < -0.4 is 0 Å². The maximum absolute atomic E-state index is 12.1. The predicted octanol–water partition coefficient (Wildman–Crippen LogP) is 2.67. The molecule has 0 amide bonds. The van der Waals surface area contributed by atoms with Crippen LogP contribution in [0.3, 0.4) is 0 Å². The minimum Gasteiger partial charge on any atom is -0.493 e. The lowest BCUT2D eigenvalue weighted by Gasteiger charge is -2.38. The quantitative estimate of drug-likeness (QED) is 0.657. The van der Waals surface area contributed by atoms with E-state index in [1.807, 2.05) is 32.9 Å². The minimum absolute atomic E-state index is 0.0123. The molecule has 0 aliphatic heterocycles. The van der Waals surface area contributed by atoms with Gasteiger partial charge in [0.25, 0.3) is 0 Å². The molecule has 0 aromatic rings. The van der Waals surface area contributed by atoms with Gasteiger partial charge in [-0.05, 0) is 12.8 Å². The van der Waals surface area contributed by atoms with Crippen molar-refractivity contribution in [3.05, 3.63) is 24.0 Å². The van der Waals surface area contributed by atoms with Gasteiger partial charge in [0.15, 0.2) is 11.5 Å². The molecule has 2 aliphatic carbocycles. The van der Waals surface area contributed by atoms with E-state index < -0.39 is 5.41 Å². The highest BCUT2D eigenvalue weighted by Crippen LogP contribution is 2.43. The number of Topliss-reactive ketones (excluding diaryl/α,β-unsaturated/α-hetero) is 1. The summed E-state index contributed by atoms with van der Waals surface area (Å²) in [7, 11) is 1.43. The third-order valence-corrected chi connectivity index (χ3v) is 3.43. The topological polar surface area (TPSA) is 43.4 Å². The van der Waals surface area contributed by atoms with Gasteiger partial charge in [-0.1, -0.05) is 32.9 Å². The largest absolute Gasteiger partial charge is 0.493 e. The van der Waals surface area contributed by atoms with Gasteiger partial charge in [-0.15, -0.1) is 0 Å². The highest BCUT2D eigenvalue weighted by Gasteiger charge is 2.49. The molecule has 2 aliphatic rings. The van der Waals surface area contributed by atoms with E-state index >= 15 is 0 Å². The molecule has 0 aromatic heterocycles. The van der Waals surface area contributed by atoms with E-state index in [1.54, 1.807) is 0 Å². The Morgan fingerprint density at radius 3 is 2.53 bits per heavy atom. The number of methoxy groups -OCH3 is 1. The molecule has 0 N–H and O–H groups in total. The molecule has 0 fully saturated rings. The van der Waals surface area contributed by atoms with Gasteiger partial charge < -0.3 is 4.74 Å². The summed E-state index contributed by atoms with van der Waals surface area (Å²) in [6.45, 7) is 5.85. The molecule has 2 rings (SSSR count). The molecule has 2 unspecified atom stereocenters. The predicted molar refractivity (Wildman–Crippen MR) is 66.4 cm³/mol. The molecule has 3 nitrogen and oxygen atoms in total. The number of hydrogen-bond acceptors (Lipinski definition) is 3. The minimum atomic E-state index is -0.591. The Morgan fingerprint density at radius 1 is 1.29 bits per heavy atom. The first-order chi connectivity index (χ1) is 8.09. The van der Waals surface area contributed by atoms with Crippen molar-refractivity contribution >= 4 is 11.6 Å². The Bertz CT molecular complexity index is 379. The first-order valence-electron chi connectivity index (χ1n) is 6.09. The van der Waals surface area contributed by atoms with Gasteiger partial charge in [0, 0.05) is 17.4 Å². The number of fused-ring (bicyclic) bond motifs is 1. The summed E-state index contributed by atoms with van der Waals surface area (Å²) >= 11 is 0. The Balaban J connectivity index is 0.000000686. The Hall–Kier alpha value is -1.38. The van der Waals surface area contributed by atoms with Crippen molar-refractivity contribution in [3.8, 4) is 0 Å². The molecule has 0 heterocycles. The Morgan fingerprint density at radius 2 is 1.94 bits per heavy atom. The van der Waals surface area contributed by atoms with Crippen molar-refractivity contribution in [2.45, 2.75) is 33.6 Å². The number of carbonyl (C=O) groups is 2. The first-order valence-corrected chi connectivity index (χ1v) is 6.09. The highest BCUT2D eigenvalue weighted by molar-refractivity contribution is 6.11. The zero-order valence-corrected chi connectivity index (χ0v) is 10.9. The Labute approximate surface area is 103 Å². The van der Waals surface area contributed by atoms with Crippen molar-refractivity contribution in [2.75, 3.05) is 7.11 Å². The van der Waals surface area contributed by atoms with Crippen molar-refractivity contribution < 1.29 is 14.3 Å². The number of ether oxygens (including phenoxy) is 1. The second-order valence-electron chi connectivity index (χ2n) is 4.33. The SMILES string of the molecule is CC.COC1=CC(=O)C2CC=CCC2(C)C1=O. The second-order valence-corrected chi connectivity index (χ2v) is 4.33. The zero-order valence-electron chi connectivity index (χ0n) is 10.9. The molecular formula is C14H20O3. The second kappa shape index (κ2) is 5.30. The maximum Gasteiger partial charge on any atom is 0.204 e. The third kappa shape index (κ3) is 2.19. The number of allylic oxidation sites excluding steroid dienone is 4. The molecule has 17 heavy (non-hydrogen) atoms. The van der Waals surface area contributed by atoms with Crippen LogP contribution in [0, 0.1) is 11.3 Å². The monoisotopic (exact) mass is 236 g/mol. The van der Waals surface area contributed by atoms with Crippen molar-refractivity contribution in [1.82, 2.24) is 0 Å². The molecule has 0 aromatic carbocycles. The summed E-state index contributed by atoms with van der Waals surface area (Å²) in [6.07, 6.45) is 6.58. The van der Waals surface area contributed by atoms with Crippen LogP contribution in [-0.4, -0.2) is 18.7 Å². The van der Waals surface area contributed by atoms with Crippen molar-refractivity contribution in [2.24, 2.45) is 11.3 Å². The summed E-state index contributed by atoms with van der Waals surface area (Å²) in [6, 6.07) is 0. The van der Waals surface area contributed by atoms with E-state index in [0.717, 1.165) is 0 Å². The third-order valence-electron chi connectivity index (χ3n) is 3.43. The first kappa shape index (κ1) is 13.7. The van der Waals surface area contributed by atoms with Gasteiger partial charge in [0.1, 0.15) is 0 Å². The highest BCUT2D eigenvalue weighted by atomic mass is 16.5. The van der Waals surface area contributed by atoms with Crippen LogP contribution in [0.2, 0.25) is 0 Å². The van der Waals surface area contributed by atoms with Crippen LogP contribution in [0.1, 0.15) is 33.6 Å². The van der Waals surface area contributed by atoms with Gasteiger partial charge in [-0.2, -0.15) is 0 Å². The van der Waals surface area contributed by atoms with E-state index in [2.05, 4.69) is 0 Å². The summed E-state index contributed by atoms with van der Waals surface area (Å²) in [4.78, 5) is 23.9. The number of ketones is 2. The van der Waals surface area contributed by atoms with Crippen LogP contribution in [-0.2, 0) is 14.3 Å². The molecule has 0 radical (unpaired) electrons. The molecular weight excluding hydrogens is 216 g/mol. The summed E-state index contributed by atoms with van der Waals surface area (Å²) in [5.41, 5.74) is -0.591. The van der Waals surface area contributed by atoms with Gasteiger partial charge in [0.2, 0.25) is 5.78 Å². The average Bonchev–Trinajstić information content (AvgIpc) is 2.36.